The van der Waals surface area contributed by atoms with E-state index in [4.69, 9.17) is 10.2 Å². The van der Waals surface area contributed by atoms with E-state index in [1.54, 1.807) is 16.4 Å². The van der Waals surface area contributed by atoms with Gasteiger partial charge < -0.3 is 15.1 Å². The second-order valence-corrected chi connectivity index (χ2v) is 16.9. The average Bonchev–Trinajstić information content (AvgIpc) is 3.93. The molecule has 4 heterocycles. The molecule has 12 nitrogen and oxygen atoms in total. The second-order valence-electron chi connectivity index (χ2n) is 14.7. The molecule has 4 fully saturated rings. The van der Waals surface area contributed by atoms with Crippen LogP contribution in [0.5, 0.6) is 0 Å². The molecule has 0 bridgehead atoms. The summed E-state index contributed by atoms with van der Waals surface area (Å²) < 4.78 is 42.0. The molecular weight excluding hydrogens is 663 g/mol. The molecule has 2 N–H and O–H groups in total. The zero-order chi connectivity index (χ0) is 36.4. The molecule has 6 rings (SSSR count). The monoisotopic (exact) mass is 716 g/mol. The lowest BCUT2D eigenvalue weighted by molar-refractivity contribution is -0.145. The van der Waals surface area contributed by atoms with E-state index in [2.05, 4.69) is 33.6 Å². The number of piperidine rings is 2. The molecule has 1 aromatic heterocycles. The van der Waals surface area contributed by atoms with E-state index in [1.807, 2.05) is 24.8 Å². The van der Waals surface area contributed by atoms with E-state index < -0.39 is 22.1 Å². The van der Waals surface area contributed by atoms with Crippen LogP contribution in [0.15, 0.2) is 30.6 Å². The van der Waals surface area contributed by atoms with E-state index in [0.29, 0.717) is 31.7 Å². The maximum Gasteiger partial charge on any atom is 0.332 e. The van der Waals surface area contributed by atoms with E-state index in [0.717, 1.165) is 75.1 Å². The van der Waals surface area contributed by atoms with Crippen LogP contribution < -0.4 is 0 Å². The summed E-state index contributed by atoms with van der Waals surface area (Å²) >= 11 is 0. The van der Waals surface area contributed by atoms with Gasteiger partial charge in [0.05, 0.1) is 22.2 Å². The standard InChI is InChI=1S/C33H47FN6O3S.C3H6O3/c1-23-21-38(33(4)12-16-37(17-13-33)32(41)30-24(2)35-22-36-25(30)3)18-19-40(23)31(27-6-5-7-28(34)20-27)26-10-14-39(15-11-26)44(42,43)29-8-9-29;1-2(4)3(5)6/h5-7,20,22-23,26,29,31H,8-19,21H2,1-4H3;2,4H,1H3,(H,5,6)/t23-,31-;/m1./s1. The number of carbonyl (C=O) groups is 2. The molecule has 0 radical (unpaired) electrons. The van der Waals surface area contributed by atoms with E-state index >= 15 is 0 Å². The lowest BCUT2D eigenvalue weighted by Crippen LogP contribution is -2.63. The van der Waals surface area contributed by atoms with Crippen molar-refractivity contribution in [3.63, 3.8) is 0 Å². The number of sulfonamides is 1. The summed E-state index contributed by atoms with van der Waals surface area (Å²) in [5.41, 5.74) is 3.05. The zero-order valence-electron chi connectivity index (χ0n) is 30.0. The van der Waals surface area contributed by atoms with Crippen molar-refractivity contribution in [2.45, 2.75) is 102 Å². The first-order valence-electron chi connectivity index (χ1n) is 17.9. The Morgan fingerprint density at radius 2 is 1.58 bits per heavy atom. The lowest BCUT2D eigenvalue weighted by atomic mass is 9.82. The number of nitrogens with zero attached hydrogens (tertiary/aromatic N) is 6. The number of aromatic nitrogens is 2. The van der Waals surface area contributed by atoms with E-state index in [-0.39, 0.29) is 40.5 Å². The molecule has 3 atom stereocenters. The summed E-state index contributed by atoms with van der Waals surface area (Å²) in [7, 11) is -3.18. The van der Waals surface area contributed by atoms with Gasteiger partial charge in [0.2, 0.25) is 10.0 Å². The van der Waals surface area contributed by atoms with Gasteiger partial charge in [0.15, 0.2) is 0 Å². The Morgan fingerprint density at radius 1 is 0.980 bits per heavy atom. The van der Waals surface area contributed by atoms with Crippen LogP contribution in [0.25, 0.3) is 0 Å². The van der Waals surface area contributed by atoms with Gasteiger partial charge in [-0.05, 0) is 96.8 Å². The van der Waals surface area contributed by atoms with Crippen LogP contribution in [0.3, 0.4) is 0 Å². The van der Waals surface area contributed by atoms with Crippen molar-refractivity contribution in [1.82, 2.24) is 29.0 Å². The van der Waals surface area contributed by atoms with Gasteiger partial charge in [0, 0.05) is 63.4 Å². The zero-order valence-corrected chi connectivity index (χ0v) is 30.8. The van der Waals surface area contributed by atoms with Crippen LogP contribution in [0, 0.1) is 25.6 Å². The number of likely N-dealkylation sites (tertiary alicyclic amines) is 1. The minimum absolute atomic E-state index is 0.00866. The van der Waals surface area contributed by atoms with Crippen LogP contribution in [-0.4, -0.2) is 128 Å². The number of rotatable bonds is 8. The Bertz CT molecular complexity index is 1600. The van der Waals surface area contributed by atoms with Crippen LogP contribution in [-0.2, 0) is 14.8 Å². The van der Waals surface area contributed by atoms with Crippen LogP contribution in [0.4, 0.5) is 4.39 Å². The molecule has 3 saturated heterocycles. The number of carboxylic acid groups (broad SMARTS) is 1. The van der Waals surface area contributed by atoms with Crippen molar-refractivity contribution in [1.29, 1.82) is 0 Å². The van der Waals surface area contributed by atoms with Crippen LogP contribution in [0.1, 0.15) is 92.6 Å². The number of amides is 1. The first-order chi connectivity index (χ1) is 23.6. The average molecular weight is 717 g/mol. The molecule has 1 aromatic carbocycles. The highest BCUT2D eigenvalue weighted by atomic mass is 32.2. The SMILES string of the molecule is CC(O)C(=O)O.Cc1ncnc(C)c1C(=O)N1CCC(C)(N2CCN([C@@H](c3cccc(F)c3)C3CCN(S(=O)(=O)C4CC4)CC3)[C@H](C)C2)CC1. The molecule has 0 spiro atoms. The second kappa shape index (κ2) is 15.7. The quantitative estimate of drug-likeness (QED) is 0.415. The molecule has 2 aromatic rings. The highest BCUT2D eigenvalue weighted by Crippen LogP contribution is 2.41. The molecule has 276 valence electrons. The van der Waals surface area contributed by atoms with Crippen molar-refractivity contribution < 1.29 is 32.6 Å². The number of aliphatic carboxylic acids is 1. The Kier molecular flexibility index (Phi) is 12.0. The van der Waals surface area contributed by atoms with Gasteiger partial charge in [-0.1, -0.05) is 12.1 Å². The number of piperazine rings is 1. The number of carboxylic acids is 1. The predicted octanol–water partition coefficient (Wildman–Crippen LogP) is 3.63. The fourth-order valence-corrected chi connectivity index (χ4v) is 9.76. The number of carbonyl (C=O) groups excluding carboxylic acids is 1. The molecular formula is C36H53FN6O6S. The van der Waals surface area contributed by atoms with Crippen molar-refractivity contribution in [2.24, 2.45) is 5.92 Å². The van der Waals surface area contributed by atoms with E-state index in [9.17, 15) is 22.4 Å². The highest BCUT2D eigenvalue weighted by molar-refractivity contribution is 7.90. The summed E-state index contributed by atoms with van der Waals surface area (Å²) in [6.45, 7) is 14.7. The smallest absolute Gasteiger partial charge is 0.332 e. The molecule has 1 unspecified atom stereocenters. The number of aryl methyl sites for hydroxylation is 2. The minimum Gasteiger partial charge on any atom is -0.479 e. The lowest BCUT2D eigenvalue weighted by Gasteiger charge is -2.54. The molecule has 4 aliphatic rings. The molecule has 1 amide bonds. The Balaban J connectivity index is 0.000000745. The van der Waals surface area contributed by atoms with Gasteiger partial charge in [0.1, 0.15) is 18.2 Å². The van der Waals surface area contributed by atoms with Crippen molar-refractivity contribution >= 4 is 21.9 Å². The van der Waals surface area contributed by atoms with Gasteiger partial charge in [0.25, 0.3) is 5.91 Å². The summed E-state index contributed by atoms with van der Waals surface area (Å²) in [5, 5.41) is 15.6. The van der Waals surface area contributed by atoms with Gasteiger partial charge in [-0.2, -0.15) is 0 Å². The molecule has 14 heteroatoms. The summed E-state index contributed by atoms with van der Waals surface area (Å²) in [4.78, 5) is 38.4. The predicted molar refractivity (Wildman–Crippen MR) is 187 cm³/mol. The number of halogens is 1. The first kappa shape index (κ1) is 38.2. The molecule has 3 aliphatic heterocycles. The Morgan fingerprint density at radius 3 is 2.10 bits per heavy atom. The normalized spacial score (nSPS) is 23.8. The van der Waals surface area contributed by atoms with E-state index in [1.165, 1.54) is 19.3 Å². The van der Waals surface area contributed by atoms with Gasteiger partial charge in [-0.15, -0.1) is 0 Å². The third-order valence-electron chi connectivity index (χ3n) is 11.2. The van der Waals surface area contributed by atoms with Crippen LogP contribution >= 0.6 is 0 Å². The van der Waals surface area contributed by atoms with Gasteiger partial charge in [-0.25, -0.2) is 31.9 Å². The third kappa shape index (κ3) is 8.52. The minimum atomic E-state index is -3.18. The summed E-state index contributed by atoms with van der Waals surface area (Å²) in [5.74, 6) is -1.13. The summed E-state index contributed by atoms with van der Waals surface area (Å²) in [6, 6.07) is 7.29. The molecule has 1 aliphatic carbocycles. The summed E-state index contributed by atoms with van der Waals surface area (Å²) in [6.07, 6.45) is 5.22. The number of hydrogen-bond acceptors (Lipinski definition) is 9. The maximum atomic E-state index is 14.5. The van der Waals surface area contributed by atoms with Crippen molar-refractivity contribution in [3.8, 4) is 0 Å². The highest BCUT2D eigenvalue weighted by Gasteiger charge is 2.45. The van der Waals surface area contributed by atoms with Crippen molar-refractivity contribution in [2.75, 3.05) is 45.8 Å². The number of aliphatic hydroxyl groups is 1. The Labute approximate surface area is 295 Å². The molecule has 50 heavy (non-hydrogen) atoms. The fraction of sp³-hybridized carbons (Fsp3) is 0.667. The maximum absolute atomic E-state index is 14.5. The largest absolute Gasteiger partial charge is 0.479 e. The van der Waals surface area contributed by atoms with Gasteiger partial charge in [-0.3, -0.25) is 14.6 Å². The topological polar surface area (TPSA) is 147 Å². The molecule has 1 saturated carbocycles. The van der Waals surface area contributed by atoms with Gasteiger partial charge >= 0.3 is 5.97 Å². The fourth-order valence-electron chi connectivity index (χ4n) is 7.89. The third-order valence-corrected chi connectivity index (χ3v) is 13.6. The number of aliphatic hydroxyl groups excluding tert-OH is 1. The van der Waals surface area contributed by atoms with Crippen LogP contribution in [0.2, 0.25) is 0 Å². The van der Waals surface area contributed by atoms with Crippen molar-refractivity contribution in [3.05, 3.63) is 58.9 Å². The number of hydrogen-bond donors (Lipinski definition) is 2. The Hall–Kier alpha value is -3.04. The number of benzene rings is 1. The first-order valence-corrected chi connectivity index (χ1v) is 19.4.